The number of aliphatic imine (C=N–C) groups is 1. The Kier molecular flexibility index (Phi) is 10.4. The number of nitrogens with two attached hydrogens (primary N) is 1. The van der Waals surface area contributed by atoms with Crippen LogP contribution in [0.15, 0.2) is 27.8 Å². The molecule has 0 saturated carbocycles. The van der Waals surface area contributed by atoms with E-state index in [-0.39, 0.29) is 36.4 Å². The molecule has 0 spiro atoms. The van der Waals surface area contributed by atoms with E-state index in [2.05, 4.69) is 20.5 Å². The van der Waals surface area contributed by atoms with Gasteiger partial charge in [-0.2, -0.15) is 0 Å². The molecule has 0 aliphatic carbocycles. The molecular weight excluding hydrogens is 425 g/mol. The molecule has 0 aromatic carbocycles. The van der Waals surface area contributed by atoms with Gasteiger partial charge in [-0.05, 0) is 25.1 Å². The number of morpholine rings is 1. The number of hydrogen-bond acceptors (Lipinski definition) is 5. The Labute approximate surface area is 159 Å². The second kappa shape index (κ2) is 12.1. The van der Waals surface area contributed by atoms with Crippen LogP contribution in [0.25, 0.3) is 0 Å². The van der Waals surface area contributed by atoms with Crippen LogP contribution < -0.4 is 16.4 Å². The van der Waals surface area contributed by atoms with Gasteiger partial charge in [-0.15, -0.1) is 24.0 Å². The third-order valence-electron chi connectivity index (χ3n) is 3.49. The number of nitrogens with one attached hydrogen (secondary N) is 2. The van der Waals surface area contributed by atoms with E-state index >= 15 is 0 Å². The molecule has 1 aliphatic rings. The molecule has 1 aliphatic heterocycles. The number of ether oxygens (including phenoxy) is 1. The minimum absolute atomic E-state index is 0. The van der Waals surface area contributed by atoms with Crippen LogP contribution in [0.2, 0.25) is 0 Å². The first-order valence-electron chi connectivity index (χ1n) is 7.87. The predicted molar refractivity (Wildman–Crippen MR) is 102 cm³/mol. The molecule has 2 rings (SSSR count). The number of furan rings is 1. The van der Waals surface area contributed by atoms with Gasteiger partial charge in [0.25, 0.3) is 0 Å². The Balaban J connectivity index is 0.00000288. The summed E-state index contributed by atoms with van der Waals surface area (Å²) in [6.07, 6.45) is 2.54. The minimum Gasteiger partial charge on any atom is -0.467 e. The lowest BCUT2D eigenvalue weighted by Crippen LogP contribution is -2.39. The first-order valence-corrected chi connectivity index (χ1v) is 7.87. The number of guanidine groups is 1. The van der Waals surface area contributed by atoms with Crippen molar-refractivity contribution in [1.82, 2.24) is 15.5 Å². The molecule has 136 valence electrons. The molecule has 4 N–H and O–H groups in total. The lowest BCUT2D eigenvalue weighted by atomic mass is 10.3. The Morgan fingerprint density at radius 3 is 2.83 bits per heavy atom. The molecule has 0 radical (unpaired) electrons. The molecule has 1 aromatic rings. The maximum absolute atomic E-state index is 11.6. The van der Waals surface area contributed by atoms with E-state index in [1.165, 1.54) is 0 Å². The van der Waals surface area contributed by atoms with Gasteiger partial charge in [0.1, 0.15) is 12.3 Å². The van der Waals surface area contributed by atoms with E-state index in [0.717, 1.165) is 45.8 Å². The number of amides is 1. The van der Waals surface area contributed by atoms with Crippen LogP contribution in [0.3, 0.4) is 0 Å². The fourth-order valence-electron chi connectivity index (χ4n) is 2.21. The van der Waals surface area contributed by atoms with Crippen LogP contribution in [0.5, 0.6) is 0 Å². The van der Waals surface area contributed by atoms with Gasteiger partial charge in [0.2, 0.25) is 5.91 Å². The van der Waals surface area contributed by atoms with Crippen molar-refractivity contribution in [2.45, 2.75) is 13.0 Å². The van der Waals surface area contributed by atoms with Gasteiger partial charge in [-0.1, -0.05) is 0 Å². The second-order valence-electron chi connectivity index (χ2n) is 5.29. The molecule has 0 bridgehead atoms. The standard InChI is InChI=1S/C15H25N5O3.HI/c16-15(17-4-2-5-20-6-9-22-10-7-20)19-12-14(21)18-11-13-3-1-8-23-13;/h1,3,8H,2,4-7,9-12H2,(H,18,21)(H3,16,17,19);1H. The van der Waals surface area contributed by atoms with E-state index < -0.39 is 0 Å². The topological polar surface area (TPSA) is 105 Å². The molecule has 1 fully saturated rings. The maximum Gasteiger partial charge on any atom is 0.242 e. The van der Waals surface area contributed by atoms with E-state index in [4.69, 9.17) is 14.9 Å². The fraction of sp³-hybridized carbons (Fsp3) is 0.600. The highest BCUT2D eigenvalue weighted by Gasteiger charge is 2.09. The van der Waals surface area contributed by atoms with Crippen LogP contribution in [-0.2, 0) is 16.1 Å². The van der Waals surface area contributed by atoms with Crippen molar-refractivity contribution in [1.29, 1.82) is 0 Å². The Morgan fingerprint density at radius 1 is 1.33 bits per heavy atom. The molecule has 1 saturated heterocycles. The molecule has 8 nitrogen and oxygen atoms in total. The van der Waals surface area contributed by atoms with Gasteiger partial charge in [-0.3, -0.25) is 9.69 Å². The zero-order valence-electron chi connectivity index (χ0n) is 13.7. The molecule has 24 heavy (non-hydrogen) atoms. The van der Waals surface area contributed by atoms with E-state index in [1.807, 2.05) is 0 Å². The van der Waals surface area contributed by atoms with Crippen molar-refractivity contribution < 1.29 is 13.9 Å². The molecule has 1 amide bonds. The largest absolute Gasteiger partial charge is 0.467 e. The highest BCUT2D eigenvalue weighted by Crippen LogP contribution is 1.98. The van der Waals surface area contributed by atoms with Gasteiger partial charge in [-0.25, -0.2) is 4.99 Å². The first-order chi connectivity index (χ1) is 11.2. The van der Waals surface area contributed by atoms with E-state index in [0.29, 0.717) is 18.3 Å². The van der Waals surface area contributed by atoms with E-state index in [9.17, 15) is 4.79 Å². The molecule has 0 atom stereocenters. The average molecular weight is 451 g/mol. The van der Waals surface area contributed by atoms with E-state index in [1.54, 1.807) is 18.4 Å². The molecular formula is C15H26IN5O3. The smallest absolute Gasteiger partial charge is 0.242 e. The average Bonchev–Trinajstić information content (AvgIpc) is 3.09. The molecule has 2 heterocycles. The van der Waals surface area contributed by atoms with Gasteiger partial charge < -0.3 is 25.5 Å². The SMILES string of the molecule is I.NC(=NCC(=O)NCc1ccco1)NCCCN1CCOCC1. The van der Waals surface area contributed by atoms with Crippen molar-refractivity contribution in [3.63, 3.8) is 0 Å². The quantitative estimate of drug-likeness (QED) is 0.225. The van der Waals surface area contributed by atoms with Crippen molar-refractivity contribution >= 4 is 35.8 Å². The lowest BCUT2D eigenvalue weighted by Gasteiger charge is -2.26. The van der Waals surface area contributed by atoms with Gasteiger partial charge in [0.05, 0.1) is 26.0 Å². The monoisotopic (exact) mass is 451 g/mol. The number of carbonyl (C=O) groups excluding carboxylic acids is 1. The van der Waals surface area contributed by atoms with Gasteiger partial charge in [0.15, 0.2) is 5.96 Å². The summed E-state index contributed by atoms with van der Waals surface area (Å²) in [6, 6.07) is 3.58. The summed E-state index contributed by atoms with van der Waals surface area (Å²) in [6.45, 7) is 5.69. The minimum atomic E-state index is -0.195. The zero-order valence-corrected chi connectivity index (χ0v) is 16.0. The summed E-state index contributed by atoms with van der Waals surface area (Å²) >= 11 is 0. The summed E-state index contributed by atoms with van der Waals surface area (Å²) < 4.78 is 10.4. The third-order valence-corrected chi connectivity index (χ3v) is 3.49. The zero-order chi connectivity index (χ0) is 16.3. The highest BCUT2D eigenvalue weighted by molar-refractivity contribution is 14.0. The molecule has 0 unspecified atom stereocenters. The number of carbonyl (C=O) groups is 1. The van der Waals surface area contributed by atoms with Crippen LogP contribution >= 0.6 is 24.0 Å². The van der Waals surface area contributed by atoms with Crippen LogP contribution in [0.4, 0.5) is 0 Å². The number of hydrogen-bond donors (Lipinski definition) is 3. The summed E-state index contributed by atoms with van der Waals surface area (Å²) in [5.74, 6) is 0.802. The summed E-state index contributed by atoms with van der Waals surface area (Å²) in [5.41, 5.74) is 5.74. The van der Waals surface area contributed by atoms with Crippen molar-refractivity contribution in [2.24, 2.45) is 10.7 Å². The molecule has 1 aromatic heterocycles. The summed E-state index contributed by atoms with van der Waals surface area (Å²) in [5, 5.41) is 5.73. The number of nitrogens with zero attached hydrogens (tertiary/aromatic N) is 2. The van der Waals surface area contributed by atoms with Crippen molar-refractivity contribution in [2.75, 3.05) is 45.9 Å². The van der Waals surface area contributed by atoms with Gasteiger partial charge >= 0.3 is 0 Å². The molecule has 9 heteroatoms. The van der Waals surface area contributed by atoms with Crippen molar-refractivity contribution in [3.8, 4) is 0 Å². The Morgan fingerprint density at radius 2 is 2.12 bits per heavy atom. The van der Waals surface area contributed by atoms with Crippen molar-refractivity contribution in [3.05, 3.63) is 24.2 Å². The number of halogens is 1. The third kappa shape index (κ3) is 8.50. The first kappa shape index (κ1) is 20.7. The predicted octanol–water partition coefficient (Wildman–Crippen LogP) is 0.140. The maximum atomic E-state index is 11.6. The van der Waals surface area contributed by atoms with Gasteiger partial charge in [0, 0.05) is 19.6 Å². The van der Waals surface area contributed by atoms with Crippen LogP contribution in [0, 0.1) is 0 Å². The Bertz CT molecular complexity index is 489. The van der Waals surface area contributed by atoms with Crippen LogP contribution in [0.1, 0.15) is 12.2 Å². The summed E-state index contributed by atoms with van der Waals surface area (Å²) in [4.78, 5) is 18.0. The second-order valence-corrected chi connectivity index (χ2v) is 5.29. The fourth-order valence-corrected chi connectivity index (χ4v) is 2.21. The lowest BCUT2D eigenvalue weighted by molar-refractivity contribution is -0.119. The summed E-state index contributed by atoms with van der Waals surface area (Å²) in [7, 11) is 0. The Hall–Kier alpha value is -1.33. The normalized spacial score (nSPS) is 15.6. The number of rotatable bonds is 8. The highest BCUT2D eigenvalue weighted by atomic mass is 127. The van der Waals surface area contributed by atoms with Crippen LogP contribution in [-0.4, -0.2) is 62.7 Å².